The summed E-state index contributed by atoms with van der Waals surface area (Å²) in [6, 6.07) is 32.5. The molecule has 3 aromatic carbocycles. The number of amides is 1. The second-order valence-electron chi connectivity index (χ2n) is 8.91. The predicted octanol–water partition coefficient (Wildman–Crippen LogP) is 6.62. The van der Waals surface area contributed by atoms with Crippen LogP contribution in [0.25, 0.3) is 10.9 Å². The fraction of sp³-hybridized carbons (Fsp3) is 0.161. The molecular formula is C31H28ClN3O. The zero-order valence-electron chi connectivity index (χ0n) is 20.0. The fourth-order valence-electron chi connectivity index (χ4n) is 4.74. The van der Waals surface area contributed by atoms with E-state index in [1.165, 1.54) is 5.56 Å². The maximum absolute atomic E-state index is 13.2. The number of pyridine rings is 1. The molecule has 0 saturated carbocycles. The number of para-hydroxylation sites is 1. The van der Waals surface area contributed by atoms with Crippen molar-refractivity contribution >= 4 is 28.4 Å². The van der Waals surface area contributed by atoms with E-state index in [9.17, 15) is 4.79 Å². The van der Waals surface area contributed by atoms with Crippen molar-refractivity contribution in [2.75, 3.05) is 6.54 Å². The van der Waals surface area contributed by atoms with Gasteiger partial charge in [-0.1, -0.05) is 84.4 Å². The topological polar surface area (TPSA) is 46.9 Å². The smallest absolute Gasteiger partial charge is 0.220 e. The number of halogens is 1. The lowest BCUT2D eigenvalue weighted by Crippen LogP contribution is -2.27. The number of nitrogens with one attached hydrogen (secondary N) is 1. The molecule has 36 heavy (non-hydrogen) atoms. The maximum atomic E-state index is 13.2. The Hall–Kier alpha value is -3.89. The van der Waals surface area contributed by atoms with Gasteiger partial charge in [0.05, 0.1) is 0 Å². The van der Waals surface area contributed by atoms with Gasteiger partial charge in [-0.05, 0) is 41.0 Å². The number of hydrogen-bond acceptors (Lipinski definition) is 2. The minimum absolute atomic E-state index is 0.00394. The maximum Gasteiger partial charge on any atom is 0.220 e. The summed E-state index contributed by atoms with van der Waals surface area (Å²) < 4.78 is 2.27. The van der Waals surface area contributed by atoms with E-state index >= 15 is 0 Å². The largest absolute Gasteiger partial charge is 0.356 e. The zero-order valence-corrected chi connectivity index (χ0v) is 20.7. The molecule has 0 radical (unpaired) electrons. The van der Waals surface area contributed by atoms with Crippen LogP contribution in [0.5, 0.6) is 0 Å². The molecule has 1 atom stereocenters. The van der Waals surface area contributed by atoms with Crippen LogP contribution in [-0.4, -0.2) is 22.0 Å². The minimum atomic E-state index is -0.171. The van der Waals surface area contributed by atoms with Gasteiger partial charge < -0.3 is 9.88 Å². The van der Waals surface area contributed by atoms with E-state index in [2.05, 4.69) is 69.6 Å². The average molecular weight is 494 g/mol. The van der Waals surface area contributed by atoms with Crippen molar-refractivity contribution < 1.29 is 4.79 Å². The highest BCUT2D eigenvalue weighted by Crippen LogP contribution is 2.38. The molecule has 2 aromatic heterocycles. The normalized spacial score (nSPS) is 11.9. The van der Waals surface area contributed by atoms with E-state index in [1.54, 1.807) is 6.20 Å². The Morgan fingerprint density at radius 2 is 1.61 bits per heavy atom. The van der Waals surface area contributed by atoms with Crippen LogP contribution >= 0.6 is 11.6 Å². The van der Waals surface area contributed by atoms with Crippen LogP contribution in [0.3, 0.4) is 0 Å². The molecule has 0 spiro atoms. The number of carbonyl (C=O) groups excluding carboxylic acids is 1. The Balaban J connectivity index is 1.45. The van der Waals surface area contributed by atoms with Gasteiger partial charge in [0.15, 0.2) is 0 Å². The molecule has 1 N–H and O–H groups in total. The van der Waals surface area contributed by atoms with E-state index in [0.717, 1.165) is 34.3 Å². The van der Waals surface area contributed by atoms with Crippen LogP contribution in [0.15, 0.2) is 109 Å². The lowest BCUT2D eigenvalue weighted by Gasteiger charge is -2.18. The van der Waals surface area contributed by atoms with Crippen LogP contribution in [0.2, 0.25) is 5.02 Å². The van der Waals surface area contributed by atoms with E-state index < -0.39 is 0 Å². The monoisotopic (exact) mass is 493 g/mol. The van der Waals surface area contributed by atoms with Crippen molar-refractivity contribution in [1.29, 1.82) is 0 Å². The SMILES string of the molecule is O=C(C[C@@H](c1ccccc1Cl)c1cn(Cc2ccccc2)c2ccccc12)NCCc1ccccn1. The Kier molecular flexibility index (Phi) is 7.44. The number of carbonyl (C=O) groups is 1. The van der Waals surface area contributed by atoms with Crippen LogP contribution in [0.4, 0.5) is 0 Å². The molecule has 2 heterocycles. The molecule has 5 aromatic rings. The highest BCUT2D eigenvalue weighted by Gasteiger charge is 2.24. The first-order chi connectivity index (χ1) is 17.7. The van der Waals surface area contributed by atoms with Gasteiger partial charge in [0.25, 0.3) is 0 Å². The Morgan fingerprint density at radius 1 is 0.861 bits per heavy atom. The van der Waals surface area contributed by atoms with Crippen molar-refractivity contribution in [2.24, 2.45) is 0 Å². The van der Waals surface area contributed by atoms with E-state index in [0.29, 0.717) is 24.4 Å². The Bertz CT molecular complexity index is 1450. The second kappa shape index (κ2) is 11.2. The third kappa shape index (κ3) is 5.50. The first kappa shape index (κ1) is 23.8. The first-order valence-electron chi connectivity index (χ1n) is 12.2. The summed E-state index contributed by atoms with van der Waals surface area (Å²) in [5.74, 6) is -0.175. The predicted molar refractivity (Wildman–Crippen MR) is 146 cm³/mol. The number of benzene rings is 3. The molecular weight excluding hydrogens is 466 g/mol. The van der Waals surface area contributed by atoms with E-state index in [-0.39, 0.29) is 11.8 Å². The molecule has 180 valence electrons. The van der Waals surface area contributed by atoms with Gasteiger partial charge in [-0.25, -0.2) is 0 Å². The number of aromatic nitrogens is 2. The van der Waals surface area contributed by atoms with Crippen molar-refractivity contribution in [3.63, 3.8) is 0 Å². The van der Waals surface area contributed by atoms with Crippen LogP contribution in [0.1, 0.15) is 34.7 Å². The van der Waals surface area contributed by atoms with Crippen molar-refractivity contribution in [3.05, 3.63) is 137 Å². The van der Waals surface area contributed by atoms with Gasteiger partial charge >= 0.3 is 0 Å². The van der Waals surface area contributed by atoms with Crippen LogP contribution in [0, 0.1) is 0 Å². The van der Waals surface area contributed by atoms with E-state index in [1.807, 2.05) is 48.5 Å². The summed E-state index contributed by atoms with van der Waals surface area (Å²) in [5.41, 5.74) is 5.40. The summed E-state index contributed by atoms with van der Waals surface area (Å²) in [6.07, 6.45) is 4.97. The molecule has 4 nitrogen and oxygen atoms in total. The quantitative estimate of drug-likeness (QED) is 0.251. The second-order valence-corrected chi connectivity index (χ2v) is 9.32. The third-order valence-corrected chi connectivity index (χ3v) is 6.83. The summed E-state index contributed by atoms with van der Waals surface area (Å²) in [6.45, 7) is 1.30. The molecule has 0 aliphatic carbocycles. The molecule has 0 unspecified atom stereocenters. The Labute approximate surface area is 216 Å². The summed E-state index contributed by atoms with van der Waals surface area (Å²) >= 11 is 6.68. The van der Waals surface area contributed by atoms with Crippen LogP contribution in [-0.2, 0) is 17.8 Å². The summed E-state index contributed by atoms with van der Waals surface area (Å²) in [4.78, 5) is 17.5. The standard InChI is InChI=1S/C31H28ClN3O/c32-29-15-6-4-13-25(29)27(20-31(36)34-19-17-24-12-8-9-18-33-24)28-22-35(21-23-10-2-1-3-11-23)30-16-7-5-14-26(28)30/h1-16,18,22,27H,17,19-21H2,(H,34,36)/t27-/m0/s1. The van der Waals surface area contributed by atoms with Crippen molar-refractivity contribution in [1.82, 2.24) is 14.9 Å². The fourth-order valence-corrected chi connectivity index (χ4v) is 5.01. The molecule has 0 bridgehead atoms. The lowest BCUT2D eigenvalue weighted by atomic mass is 9.88. The highest BCUT2D eigenvalue weighted by molar-refractivity contribution is 6.31. The number of hydrogen-bond donors (Lipinski definition) is 1. The van der Waals surface area contributed by atoms with Gasteiger partial charge in [0, 0.05) is 65.9 Å². The molecule has 0 aliphatic rings. The van der Waals surface area contributed by atoms with Crippen molar-refractivity contribution in [3.8, 4) is 0 Å². The van der Waals surface area contributed by atoms with Gasteiger partial charge in [0.1, 0.15) is 0 Å². The number of rotatable bonds is 9. The molecule has 5 heteroatoms. The molecule has 0 aliphatic heterocycles. The summed E-state index contributed by atoms with van der Waals surface area (Å²) in [7, 11) is 0. The Morgan fingerprint density at radius 3 is 2.42 bits per heavy atom. The van der Waals surface area contributed by atoms with Crippen LogP contribution < -0.4 is 5.32 Å². The first-order valence-corrected chi connectivity index (χ1v) is 12.6. The van der Waals surface area contributed by atoms with Crippen molar-refractivity contribution in [2.45, 2.75) is 25.3 Å². The lowest BCUT2D eigenvalue weighted by molar-refractivity contribution is -0.121. The zero-order chi connectivity index (χ0) is 24.7. The number of fused-ring (bicyclic) bond motifs is 1. The van der Waals surface area contributed by atoms with Gasteiger partial charge in [-0.2, -0.15) is 0 Å². The third-order valence-electron chi connectivity index (χ3n) is 6.49. The summed E-state index contributed by atoms with van der Waals surface area (Å²) in [5, 5.41) is 4.90. The van der Waals surface area contributed by atoms with Gasteiger partial charge in [0.2, 0.25) is 5.91 Å². The molecule has 5 rings (SSSR count). The van der Waals surface area contributed by atoms with Gasteiger partial charge in [-0.15, -0.1) is 0 Å². The molecule has 0 saturated heterocycles. The van der Waals surface area contributed by atoms with E-state index in [4.69, 9.17) is 11.6 Å². The molecule has 0 fully saturated rings. The molecule has 1 amide bonds. The number of nitrogens with zero attached hydrogens (tertiary/aromatic N) is 2. The highest BCUT2D eigenvalue weighted by atomic mass is 35.5. The minimum Gasteiger partial charge on any atom is -0.356 e. The van der Waals surface area contributed by atoms with Gasteiger partial charge in [-0.3, -0.25) is 9.78 Å². The average Bonchev–Trinajstić information content (AvgIpc) is 3.27.